The Kier molecular flexibility index (Phi) is 4.49. The molecular formula is C11H17N3S. The normalized spacial score (nSPS) is 12.1. The third-order valence-corrected chi connectivity index (χ3v) is 2.36. The maximum atomic E-state index is 5.51. The van der Waals surface area contributed by atoms with Crippen molar-refractivity contribution in [2.75, 3.05) is 5.32 Å². The second-order valence-electron chi connectivity index (χ2n) is 3.63. The molecule has 82 valence electrons. The van der Waals surface area contributed by atoms with Gasteiger partial charge in [-0.2, -0.15) is 0 Å². The first-order valence-electron chi connectivity index (χ1n) is 5.16. The first kappa shape index (κ1) is 11.9. The number of hydrogen-bond donors (Lipinski definition) is 2. The van der Waals surface area contributed by atoms with Crippen LogP contribution in [0, 0.1) is 0 Å². The smallest absolute Gasteiger partial charge is 0.122 e. The highest BCUT2D eigenvalue weighted by atomic mass is 32.1. The summed E-state index contributed by atoms with van der Waals surface area (Å²) in [5.41, 5.74) is 7.20. The van der Waals surface area contributed by atoms with Crippen LogP contribution in [0.15, 0.2) is 18.3 Å². The number of nitrogens with two attached hydrogens (primary N) is 1. The number of nitrogens with zero attached hydrogens (tertiary/aromatic N) is 1. The van der Waals surface area contributed by atoms with Crippen molar-refractivity contribution >= 4 is 22.9 Å². The highest BCUT2D eigenvalue weighted by Crippen LogP contribution is 2.11. The summed E-state index contributed by atoms with van der Waals surface area (Å²) in [6, 6.07) is 4.26. The van der Waals surface area contributed by atoms with Crippen LogP contribution in [-0.2, 0) is 0 Å². The number of rotatable bonds is 5. The van der Waals surface area contributed by atoms with Gasteiger partial charge in [-0.1, -0.05) is 25.6 Å². The molecule has 0 saturated carbocycles. The third kappa shape index (κ3) is 3.83. The lowest BCUT2D eigenvalue weighted by molar-refractivity contribution is 0.690. The van der Waals surface area contributed by atoms with E-state index in [4.69, 9.17) is 18.0 Å². The van der Waals surface area contributed by atoms with Gasteiger partial charge in [0.25, 0.3) is 0 Å². The molecule has 0 aliphatic heterocycles. The molecule has 0 radical (unpaired) electrons. The molecular weight excluding hydrogens is 206 g/mol. The van der Waals surface area contributed by atoms with Gasteiger partial charge < -0.3 is 11.1 Å². The number of nitrogens with one attached hydrogen (secondary N) is 1. The first-order valence-corrected chi connectivity index (χ1v) is 5.56. The second-order valence-corrected chi connectivity index (χ2v) is 4.07. The van der Waals surface area contributed by atoms with Gasteiger partial charge in [-0.05, 0) is 25.5 Å². The van der Waals surface area contributed by atoms with Crippen molar-refractivity contribution in [2.45, 2.75) is 32.7 Å². The number of pyridine rings is 1. The molecule has 1 atom stereocenters. The fraction of sp³-hybridized carbons (Fsp3) is 0.455. The standard InChI is InChI=1S/C11H17N3S/c1-3-4-8(2)14-9-5-6-13-10(7-9)11(12)15/h5-8H,3-4H2,1-2H3,(H2,12,15)(H,13,14). The van der Waals surface area contributed by atoms with E-state index in [1.54, 1.807) is 6.20 Å². The van der Waals surface area contributed by atoms with Gasteiger partial charge in [0.15, 0.2) is 0 Å². The van der Waals surface area contributed by atoms with Crippen molar-refractivity contribution in [1.82, 2.24) is 4.98 Å². The van der Waals surface area contributed by atoms with Crippen LogP contribution in [0.2, 0.25) is 0 Å². The lowest BCUT2D eigenvalue weighted by Crippen LogP contribution is -2.16. The van der Waals surface area contributed by atoms with Crippen LogP contribution >= 0.6 is 12.2 Å². The number of thiocarbonyl (C=S) groups is 1. The van der Waals surface area contributed by atoms with Crippen LogP contribution in [0.1, 0.15) is 32.4 Å². The molecule has 0 fully saturated rings. The van der Waals surface area contributed by atoms with Gasteiger partial charge in [-0.15, -0.1) is 0 Å². The quantitative estimate of drug-likeness (QED) is 0.752. The van der Waals surface area contributed by atoms with E-state index in [-0.39, 0.29) is 0 Å². The van der Waals surface area contributed by atoms with E-state index >= 15 is 0 Å². The molecule has 1 aromatic heterocycles. The van der Waals surface area contributed by atoms with E-state index in [1.807, 2.05) is 12.1 Å². The van der Waals surface area contributed by atoms with Crippen LogP contribution in [0.4, 0.5) is 5.69 Å². The predicted molar refractivity (Wildman–Crippen MR) is 68.1 cm³/mol. The van der Waals surface area contributed by atoms with Gasteiger partial charge in [0.05, 0.1) is 5.69 Å². The molecule has 1 aromatic rings. The second kappa shape index (κ2) is 5.66. The van der Waals surface area contributed by atoms with Crippen molar-refractivity contribution in [3.8, 4) is 0 Å². The summed E-state index contributed by atoms with van der Waals surface area (Å²) in [6.07, 6.45) is 4.03. The molecule has 0 amide bonds. The molecule has 0 bridgehead atoms. The molecule has 1 unspecified atom stereocenters. The maximum absolute atomic E-state index is 5.51. The van der Waals surface area contributed by atoms with Crippen molar-refractivity contribution in [3.05, 3.63) is 24.0 Å². The Morgan fingerprint density at radius 3 is 3.00 bits per heavy atom. The van der Waals surface area contributed by atoms with Gasteiger partial charge in [0.2, 0.25) is 0 Å². The van der Waals surface area contributed by atoms with E-state index < -0.39 is 0 Å². The SMILES string of the molecule is CCCC(C)Nc1ccnc(C(N)=S)c1. The summed E-state index contributed by atoms with van der Waals surface area (Å²) in [5.74, 6) is 0. The van der Waals surface area contributed by atoms with Crippen LogP contribution in [0.5, 0.6) is 0 Å². The summed E-state index contributed by atoms with van der Waals surface area (Å²) in [5, 5.41) is 3.38. The summed E-state index contributed by atoms with van der Waals surface area (Å²) >= 11 is 4.87. The first-order chi connectivity index (χ1) is 7.13. The molecule has 0 aliphatic carbocycles. The molecule has 0 saturated heterocycles. The Morgan fingerprint density at radius 2 is 2.40 bits per heavy atom. The highest BCUT2D eigenvalue weighted by Gasteiger charge is 2.03. The topological polar surface area (TPSA) is 50.9 Å². The zero-order valence-corrected chi connectivity index (χ0v) is 9.97. The number of hydrogen-bond acceptors (Lipinski definition) is 3. The predicted octanol–water partition coefficient (Wildman–Crippen LogP) is 2.32. The Morgan fingerprint density at radius 1 is 1.67 bits per heavy atom. The van der Waals surface area contributed by atoms with E-state index in [2.05, 4.69) is 24.1 Å². The Labute approximate surface area is 96.1 Å². The molecule has 1 rings (SSSR count). The Balaban J connectivity index is 2.69. The molecule has 3 nitrogen and oxygen atoms in total. The highest BCUT2D eigenvalue weighted by molar-refractivity contribution is 7.80. The van der Waals surface area contributed by atoms with Crippen molar-refractivity contribution in [3.63, 3.8) is 0 Å². The van der Waals surface area contributed by atoms with Crippen LogP contribution < -0.4 is 11.1 Å². The summed E-state index contributed by atoms with van der Waals surface area (Å²) < 4.78 is 0. The zero-order valence-electron chi connectivity index (χ0n) is 9.16. The summed E-state index contributed by atoms with van der Waals surface area (Å²) in [6.45, 7) is 4.33. The molecule has 15 heavy (non-hydrogen) atoms. The van der Waals surface area contributed by atoms with Gasteiger partial charge in [-0.25, -0.2) is 0 Å². The van der Waals surface area contributed by atoms with E-state index in [0.29, 0.717) is 16.7 Å². The van der Waals surface area contributed by atoms with Gasteiger partial charge in [-0.3, -0.25) is 4.98 Å². The number of aromatic nitrogens is 1. The van der Waals surface area contributed by atoms with Crippen LogP contribution in [-0.4, -0.2) is 16.0 Å². The molecule has 4 heteroatoms. The molecule has 0 aromatic carbocycles. The minimum Gasteiger partial charge on any atom is -0.388 e. The maximum Gasteiger partial charge on any atom is 0.122 e. The average Bonchev–Trinajstić information content (AvgIpc) is 2.18. The van der Waals surface area contributed by atoms with Crippen molar-refractivity contribution in [1.29, 1.82) is 0 Å². The molecule has 0 aliphatic rings. The van der Waals surface area contributed by atoms with Gasteiger partial charge >= 0.3 is 0 Å². The van der Waals surface area contributed by atoms with Crippen molar-refractivity contribution in [2.24, 2.45) is 5.73 Å². The van der Waals surface area contributed by atoms with Crippen LogP contribution in [0.25, 0.3) is 0 Å². The summed E-state index contributed by atoms with van der Waals surface area (Å²) in [4.78, 5) is 4.42. The zero-order chi connectivity index (χ0) is 11.3. The van der Waals surface area contributed by atoms with Gasteiger partial charge in [0.1, 0.15) is 4.99 Å². The molecule has 3 N–H and O–H groups in total. The van der Waals surface area contributed by atoms with Crippen LogP contribution in [0.3, 0.4) is 0 Å². The minimum absolute atomic E-state index is 0.335. The lowest BCUT2D eigenvalue weighted by Gasteiger charge is -2.14. The fourth-order valence-electron chi connectivity index (χ4n) is 1.44. The molecule has 1 heterocycles. The third-order valence-electron chi connectivity index (χ3n) is 2.15. The average molecular weight is 223 g/mol. The van der Waals surface area contributed by atoms with E-state index in [1.165, 1.54) is 6.42 Å². The monoisotopic (exact) mass is 223 g/mol. The van der Waals surface area contributed by atoms with Crippen molar-refractivity contribution < 1.29 is 0 Å². The fourth-order valence-corrected chi connectivity index (χ4v) is 1.56. The lowest BCUT2D eigenvalue weighted by atomic mass is 10.2. The molecule has 0 spiro atoms. The Bertz CT molecular complexity index is 338. The van der Waals surface area contributed by atoms with E-state index in [9.17, 15) is 0 Å². The van der Waals surface area contributed by atoms with Gasteiger partial charge in [0, 0.05) is 17.9 Å². The Hall–Kier alpha value is -1.16. The number of anilines is 1. The summed E-state index contributed by atoms with van der Waals surface area (Å²) in [7, 11) is 0. The minimum atomic E-state index is 0.335. The largest absolute Gasteiger partial charge is 0.388 e. The van der Waals surface area contributed by atoms with E-state index in [0.717, 1.165) is 12.1 Å².